The van der Waals surface area contributed by atoms with Gasteiger partial charge < -0.3 is 14.8 Å². The maximum absolute atomic E-state index is 13.0. The van der Waals surface area contributed by atoms with Crippen LogP contribution in [0.1, 0.15) is 24.1 Å². The van der Waals surface area contributed by atoms with Crippen LogP contribution in [0.2, 0.25) is 5.02 Å². The third-order valence-electron chi connectivity index (χ3n) is 5.31. The second-order valence-electron chi connectivity index (χ2n) is 7.59. The second kappa shape index (κ2) is 10.9. The Labute approximate surface area is 210 Å². The zero-order valence-electron chi connectivity index (χ0n) is 18.9. The molecule has 0 amide bonds. The first kappa shape index (κ1) is 24.7. The molecule has 0 radical (unpaired) electrons. The quantitative estimate of drug-likeness (QED) is 0.143. The van der Waals surface area contributed by atoms with Crippen LogP contribution in [0.5, 0.6) is 0 Å². The summed E-state index contributed by atoms with van der Waals surface area (Å²) in [6, 6.07) is 12.8. The molecule has 2 heterocycles. The van der Waals surface area contributed by atoms with Crippen molar-refractivity contribution in [3.05, 3.63) is 86.1 Å². The minimum Gasteiger partial charge on any atom is -0.460 e. The number of esters is 1. The number of halogens is 1. The zero-order valence-corrected chi connectivity index (χ0v) is 20.5. The maximum atomic E-state index is 13.0. The van der Waals surface area contributed by atoms with Crippen LogP contribution in [-0.4, -0.2) is 46.0 Å². The van der Waals surface area contributed by atoms with Gasteiger partial charge in [0.15, 0.2) is 0 Å². The molecule has 1 atom stereocenters. The van der Waals surface area contributed by atoms with Crippen molar-refractivity contribution in [2.24, 2.45) is 0 Å². The number of nitrogens with zero attached hydrogens (tertiary/aromatic N) is 4. The molecular formula is C23H22ClN5O5S. The van der Waals surface area contributed by atoms with Crippen molar-refractivity contribution in [3.8, 4) is 0 Å². The van der Waals surface area contributed by atoms with Crippen molar-refractivity contribution in [2.45, 2.75) is 23.9 Å². The normalized spacial score (nSPS) is 14.9. The predicted octanol–water partition coefficient (Wildman–Crippen LogP) is 4.61. The lowest BCUT2D eigenvalue weighted by molar-refractivity contribution is -0.384. The number of carbonyl (C=O) groups is 1. The van der Waals surface area contributed by atoms with Gasteiger partial charge in [-0.05, 0) is 36.2 Å². The Bertz CT molecular complexity index is 1280. The molecule has 3 aromatic rings. The van der Waals surface area contributed by atoms with Gasteiger partial charge in [0.1, 0.15) is 12.6 Å². The third-order valence-corrected chi connectivity index (χ3v) is 6.56. The minimum atomic E-state index is -0.690. The van der Waals surface area contributed by atoms with Crippen LogP contribution in [0, 0.1) is 10.1 Å². The highest BCUT2D eigenvalue weighted by molar-refractivity contribution is 7.98. The largest absolute Gasteiger partial charge is 0.460 e. The number of nitrogens with one attached hydrogen (secondary N) is 1. The lowest BCUT2D eigenvalue weighted by atomic mass is 9.95. The van der Waals surface area contributed by atoms with Crippen LogP contribution in [0.3, 0.4) is 0 Å². The number of benzene rings is 2. The molecule has 0 unspecified atom stereocenters. The highest BCUT2D eigenvalue weighted by Crippen LogP contribution is 2.37. The Kier molecular flexibility index (Phi) is 7.69. The van der Waals surface area contributed by atoms with Crippen LogP contribution >= 0.6 is 23.4 Å². The maximum Gasteiger partial charge on any atom is 0.338 e. The molecule has 0 fully saturated rings. The van der Waals surface area contributed by atoms with E-state index in [2.05, 4.69) is 15.4 Å². The summed E-state index contributed by atoms with van der Waals surface area (Å²) in [5.74, 6) is 0.465. The molecule has 2 aromatic carbocycles. The van der Waals surface area contributed by atoms with Crippen LogP contribution < -0.4 is 5.32 Å². The number of rotatable bonds is 9. The van der Waals surface area contributed by atoms with Crippen molar-refractivity contribution < 1.29 is 19.2 Å². The fraction of sp³-hybridized carbons (Fsp3) is 0.261. The summed E-state index contributed by atoms with van der Waals surface area (Å²) in [4.78, 5) is 28.3. The number of carbonyl (C=O) groups excluding carboxylic acids is 1. The Morgan fingerprint density at radius 1 is 1.23 bits per heavy atom. The van der Waals surface area contributed by atoms with E-state index in [0.717, 1.165) is 5.56 Å². The average molecular weight is 516 g/mol. The van der Waals surface area contributed by atoms with Crippen LogP contribution in [0.25, 0.3) is 0 Å². The topological polar surface area (TPSA) is 121 Å². The van der Waals surface area contributed by atoms with Crippen LogP contribution in [0.15, 0.2) is 65.0 Å². The number of thioether (sulfide) groups is 1. The van der Waals surface area contributed by atoms with Crippen LogP contribution in [0.4, 0.5) is 11.6 Å². The zero-order chi connectivity index (χ0) is 24.9. The number of ether oxygens (including phenoxy) is 2. The first-order valence-corrected chi connectivity index (χ1v) is 12.0. The minimum absolute atomic E-state index is 0.0533. The van der Waals surface area contributed by atoms with Gasteiger partial charge in [-0.3, -0.25) is 10.1 Å². The summed E-state index contributed by atoms with van der Waals surface area (Å²) in [7, 11) is 1.52. The van der Waals surface area contributed by atoms with Gasteiger partial charge in [-0.15, -0.1) is 5.10 Å². The summed E-state index contributed by atoms with van der Waals surface area (Å²) in [5, 5.41) is 20.0. The number of allylic oxidation sites excluding steroid dienone is 1. The molecule has 10 nitrogen and oxygen atoms in total. The number of nitro benzene ring substituents is 1. The Morgan fingerprint density at radius 2 is 1.97 bits per heavy atom. The number of hydrogen-bond acceptors (Lipinski definition) is 9. The monoisotopic (exact) mass is 515 g/mol. The first-order valence-electron chi connectivity index (χ1n) is 10.6. The van der Waals surface area contributed by atoms with Crippen LogP contribution in [-0.2, 0) is 20.0 Å². The van der Waals surface area contributed by atoms with Crippen molar-refractivity contribution >= 4 is 41.0 Å². The molecule has 1 aromatic heterocycles. The van der Waals surface area contributed by atoms with E-state index in [1.165, 1.54) is 31.0 Å². The first-order chi connectivity index (χ1) is 16.9. The van der Waals surface area contributed by atoms with Gasteiger partial charge in [-0.1, -0.05) is 41.6 Å². The molecule has 35 heavy (non-hydrogen) atoms. The Hall–Kier alpha value is -3.41. The number of fused-ring (bicyclic) bond motifs is 1. The summed E-state index contributed by atoms with van der Waals surface area (Å²) in [5.41, 5.74) is 2.41. The number of anilines is 1. The highest BCUT2D eigenvalue weighted by atomic mass is 35.5. The molecule has 0 bridgehead atoms. The number of methoxy groups -OCH3 is 1. The molecule has 0 saturated heterocycles. The summed E-state index contributed by atoms with van der Waals surface area (Å²) < 4.78 is 12.0. The van der Waals surface area contributed by atoms with Gasteiger partial charge >= 0.3 is 5.97 Å². The van der Waals surface area contributed by atoms with E-state index in [0.29, 0.717) is 38.7 Å². The molecule has 182 valence electrons. The molecule has 0 saturated carbocycles. The molecule has 0 spiro atoms. The van der Waals surface area contributed by atoms with Gasteiger partial charge in [0, 0.05) is 35.7 Å². The predicted molar refractivity (Wildman–Crippen MR) is 131 cm³/mol. The van der Waals surface area contributed by atoms with Gasteiger partial charge in [0.25, 0.3) is 5.69 Å². The molecular weight excluding hydrogens is 494 g/mol. The van der Waals surface area contributed by atoms with E-state index in [9.17, 15) is 14.9 Å². The fourth-order valence-electron chi connectivity index (χ4n) is 3.60. The lowest BCUT2D eigenvalue weighted by Gasteiger charge is -2.28. The molecule has 1 N–H and O–H groups in total. The summed E-state index contributed by atoms with van der Waals surface area (Å²) in [6.07, 6.45) is 0. The fourth-order valence-corrected chi connectivity index (χ4v) is 4.71. The number of non-ortho nitro benzene ring substituents is 1. The summed E-state index contributed by atoms with van der Waals surface area (Å²) in [6.45, 7) is 2.09. The van der Waals surface area contributed by atoms with Gasteiger partial charge in [-0.25, -0.2) is 9.48 Å². The molecule has 12 heteroatoms. The van der Waals surface area contributed by atoms with E-state index >= 15 is 0 Å². The molecule has 0 aliphatic carbocycles. The Morgan fingerprint density at radius 3 is 2.66 bits per heavy atom. The van der Waals surface area contributed by atoms with E-state index in [-0.39, 0.29) is 18.9 Å². The molecule has 4 rings (SSSR count). The molecule has 1 aliphatic rings. The average Bonchev–Trinajstić information content (AvgIpc) is 3.25. The second-order valence-corrected chi connectivity index (χ2v) is 8.94. The van der Waals surface area contributed by atoms with Crippen molar-refractivity contribution in [1.29, 1.82) is 0 Å². The van der Waals surface area contributed by atoms with Gasteiger partial charge in [0.05, 0.1) is 17.1 Å². The lowest BCUT2D eigenvalue weighted by Crippen LogP contribution is -2.30. The Balaban J connectivity index is 1.68. The number of nitro groups is 1. The highest BCUT2D eigenvalue weighted by Gasteiger charge is 2.35. The third kappa shape index (κ3) is 5.47. The van der Waals surface area contributed by atoms with E-state index in [4.69, 9.17) is 21.1 Å². The summed E-state index contributed by atoms with van der Waals surface area (Å²) >= 11 is 7.67. The van der Waals surface area contributed by atoms with Crippen molar-refractivity contribution in [3.63, 3.8) is 0 Å². The van der Waals surface area contributed by atoms with Crippen molar-refractivity contribution in [2.75, 3.05) is 25.6 Å². The molecule has 1 aliphatic heterocycles. The number of hydrogen-bond donors (Lipinski definition) is 1. The van der Waals surface area contributed by atoms with Crippen molar-refractivity contribution in [1.82, 2.24) is 14.8 Å². The van der Waals surface area contributed by atoms with E-state index in [1.807, 2.05) is 24.3 Å². The van der Waals surface area contributed by atoms with Gasteiger partial charge in [-0.2, -0.15) is 4.98 Å². The standard InChI is InChI=1S/C23H22ClN5O5S/c1-14-19(21(30)34-12-11-33-2)20(15-7-9-17(10-8-15)29(31)32)28-22(25-14)26-23(27-28)35-13-16-5-3-4-6-18(16)24/h3-10,20H,11-13H2,1-2H3,(H,25,26,27)/t20-/m1/s1. The number of aromatic nitrogens is 3. The smallest absolute Gasteiger partial charge is 0.338 e. The van der Waals surface area contributed by atoms with E-state index in [1.54, 1.807) is 23.7 Å². The van der Waals surface area contributed by atoms with Gasteiger partial charge in [0.2, 0.25) is 11.1 Å². The SMILES string of the molecule is COCCOC(=O)C1=C(C)Nc2nc(SCc3ccccc3Cl)nn2[C@@H]1c1ccc([N+](=O)[O-])cc1. The van der Waals surface area contributed by atoms with E-state index < -0.39 is 16.9 Å².